The van der Waals surface area contributed by atoms with Gasteiger partial charge in [-0.15, -0.1) is 0 Å². The van der Waals surface area contributed by atoms with Crippen LogP contribution in [0.15, 0.2) is 24.8 Å². The van der Waals surface area contributed by atoms with Crippen LogP contribution in [-0.2, 0) is 20.8 Å². The van der Waals surface area contributed by atoms with Crippen molar-refractivity contribution < 1.29 is 19.5 Å². The summed E-state index contributed by atoms with van der Waals surface area (Å²) in [6.45, 7) is 5.81. The minimum atomic E-state index is -0.580. The number of carbonyl (C=O) groups excluding carboxylic acids is 3. The maximum absolute atomic E-state index is 12.9. The lowest BCUT2D eigenvalue weighted by molar-refractivity contribution is -0.143. The molecule has 172 valence electrons. The first kappa shape index (κ1) is 22.6. The number of primary amides is 1. The van der Waals surface area contributed by atoms with Crippen LogP contribution in [0.4, 0.5) is 0 Å². The molecule has 0 bridgehead atoms. The lowest BCUT2D eigenvalue weighted by atomic mass is 10.00. The number of benzene rings is 1. The molecule has 4 rings (SSSR count). The second-order valence-electron chi connectivity index (χ2n) is 8.87. The molecule has 32 heavy (non-hydrogen) atoms. The molecule has 1 atom stereocenters. The molecule has 3 N–H and O–H groups in total. The van der Waals surface area contributed by atoms with Crippen molar-refractivity contribution in [1.29, 1.82) is 0 Å². The number of hydrogen-bond acceptors (Lipinski definition) is 5. The van der Waals surface area contributed by atoms with Gasteiger partial charge in [0.1, 0.15) is 11.8 Å². The van der Waals surface area contributed by atoms with E-state index in [1.807, 2.05) is 11.0 Å². The van der Waals surface area contributed by atoms with E-state index in [0.717, 1.165) is 24.0 Å². The highest BCUT2D eigenvalue weighted by Crippen LogP contribution is 2.45. The van der Waals surface area contributed by atoms with E-state index in [4.69, 9.17) is 17.3 Å². The minimum Gasteiger partial charge on any atom is -0.508 e. The van der Waals surface area contributed by atoms with E-state index in [9.17, 15) is 19.5 Å². The summed E-state index contributed by atoms with van der Waals surface area (Å²) in [5, 5.41) is 10.8. The third-order valence-electron chi connectivity index (χ3n) is 6.74. The Labute approximate surface area is 192 Å². The van der Waals surface area contributed by atoms with Crippen molar-refractivity contribution >= 4 is 29.3 Å². The smallest absolute Gasteiger partial charge is 0.246 e. The van der Waals surface area contributed by atoms with Gasteiger partial charge in [0.15, 0.2) is 0 Å². The molecule has 3 amide bonds. The zero-order valence-corrected chi connectivity index (χ0v) is 18.8. The molecule has 3 aliphatic rings. The number of carbonyl (C=O) groups is 3. The highest BCUT2D eigenvalue weighted by atomic mass is 35.5. The molecule has 8 nitrogen and oxygen atoms in total. The first-order valence-corrected chi connectivity index (χ1v) is 11.4. The molecule has 2 aliphatic heterocycles. The van der Waals surface area contributed by atoms with Crippen LogP contribution in [0.2, 0.25) is 5.02 Å². The highest BCUT2D eigenvalue weighted by molar-refractivity contribution is 6.31. The number of aromatic hydroxyl groups is 1. The van der Waals surface area contributed by atoms with Gasteiger partial charge in [-0.3, -0.25) is 19.3 Å². The number of phenols is 1. The maximum Gasteiger partial charge on any atom is 0.246 e. The molecule has 1 saturated carbocycles. The van der Waals surface area contributed by atoms with Crippen LogP contribution >= 0.6 is 11.6 Å². The van der Waals surface area contributed by atoms with Crippen molar-refractivity contribution in [3.8, 4) is 5.75 Å². The molecule has 1 aliphatic carbocycles. The second kappa shape index (κ2) is 9.11. The monoisotopic (exact) mass is 460 g/mol. The van der Waals surface area contributed by atoms with Crippen molar-refractivity contribution in [2.75, 3.05) is 32.7 Å². The summed E-state index contributed by atoms with van der Waals surface area (Å²) in [5.41, 5.74) is 7.41. The fourth-order valence-corrected chi connectivity index (χ4v) is 4.93. The standard InChI is InChI=1S/C23H29ClN4O4/c1-2-21(30)27-11-16(12-27)28-8-7-26(13-19(28)23(25)32)22(31)6-5-15-9-17(14-3-4-14)18(24)10-20(15)29/h2,9-10,14,16,19,29H,1,3-8,11-13H2,(H2,25,32). The van der Waals surface area contributed by atoms with E-state index in [1.54, 1.807) is 15.9 Å². The molecule has 0 radical (unpaired) electrons. The molecule has 2 heterocycles. The average Bonchev–Trinajstić information content (AvgIpc) is 3.56. The molecule has 3 fully saturated rings. The van der Waals surface area contributed by atoms with Gasteiger partial charge >= 0.3 is 0 Å². The van der Waals surface area contributed by atoms with E-state index in [0.29, 0.717) is 43.5 Å². The quantitative estimate of drug-likeness (QED) is 0.595. The fourth-order valence-electron chi connectivity index (χ4n) is 4.62. The molecule has 0 aromatic heterocycles. The topological polar surface area (TPSA) is 107 Å². The number of nitrogens with two attached hydrogens (primary N) is 1. The van der Waals surface area contributed by atoms with Gasteiger partial charge in [0.05, 0.1) is 0 Å². The van der Waals surface area contributed by atoms with Gasteiger partial charge in [0.2, 0.25) is 17.7 Å². The number of phenolic OH excluding ortho intramolecular Hbond substituents is 1. The second-order valence-corrected chi connectivity index (χ2v) is 9.28. The Kier molecular flexibility index (Phi) is 6.44. The summed E-state index contributed by atoms with van der Waals surface area (Å²) in [6, 6.07) is 2.96. The van der Waals surface area contributed by atoms with Gasteiger partial charge in [0, 0.05) is 50.2 Å². The Bertz CT molecular complexity index is 942. The largest absolute Gasteiger partial charge is 0.508 e. The Morgan fingerprint density at radius 3 is 2.50 bits per heavy atom. The van der Waals surface area contributed by atoms with Crippen molar-refractivity contribution in [3.63, 3.8) is 0 Å². The van der Waals surface area contributed by atoms with Crippen molar-refractivity contribution in [2.24, 2.45) is 5.73 Å². The van der Waals surface area contributed by atoms with Gasteiger partial charge in [-0.25, -0.2) is 0 Å². The van der Waals surface area contributed by atoms with Gasteiger partial charge < -0.3 is 20.6 Å². The van der Waals surface area contributed by atoms with Crippen LogP contribution in [0.25, 0.3) is 0 Å². The molecule has 1 aromatic rings. The zero-order chi connectivity index (χ0) is 23.0. The number of rotatable bonds is 7. The average molecular weight is 461 g/mol. The number of halogens is 1. The SMILES string of the molecule is C=CC(=O)N1CC(N2CCN(C(=O)CCc3cc(C4CC4)c(Cl)cc3O)CC2C(N)=O)C1. The predicted octanol–water partition coefficient (Wildman–Crippen LogP) is 1.25. The van der Waals surface area contributed by atoms with E-state index < -0.39 is 11.9 Å². The van der Waals surface area contributed by atoms with Crippen molar-refractivity contribution in [2.45, 2.75) is 43.7 Å². The minimum absolute atomic E-state index is 0.0560. The summed E-state index contributed by atoms with van der Waals surface area (Å²) in [6.07, 6.45) is 4.12. The van der Waals surface area contributed by atoms with Gasteiger partial charge in [0.25, 0.3) is 0 Å². The Morgan fingerprint density at radius 1 is 1.16 bits per heavy atom. The summed E-state index contributed by atoms with van der Waals surface area (Å²) in [7, 11) is 0. The van der Waals surface area contributed by atoms with Crippen molar-refractivity contribution in [1.82, 2.24) is 14.7 Å². The van der Waals surface area contributed by atoms with E-state index in [2.05, 4.69) is 6.58 Å². The highest BCUT2D eigenvalue weighted by Gasteiger charge is 2.42. The van der Waals surface area contributed by atoms with Crippen LogP contribution in [0.3, 0.4) is 0 Å². The van der Waals surface area contributed by atoms with E-state index in [1.165, 1.54) is 6.08 Å². The van der Waals surface area contributed by atoms with Crippen LogP contribution in [0.5, 0.6) is 5.75 Å². The number of hydrogen-bond donors (Lipinski definition) is 2. The number of aryl methyl sites for hydroxylation is 1. The zero-order valence-electron chi connectivity index (χ0n) is 18.0. The molecular formula is C23H29ClN4O4. The summed E-state index contributed by atoms with van der Waals surface area (Å²) in [4.78, 5) is 42.0. The summed E-state index contributed by atoms with van der Waals surface area (Å²) < 4.78 is 0. The van der Waals surface area contributed by atoms with Crippen LogP contribution < -0.4 is 5.73 Å². The Hall–Kier alpha value is -2.58. The van der Waals surface area contributed by atoms with Crippen LogP contribution in [-0.4, -0.2) is 82.3 Å². The maximum atomic E-state index is 12.9. The van der Waals surface area contributed by atoms with Gasteiger partial charge in [-0.05, 0) is 48.4 Å². The summed E-state index contributed by atoms with van der Waals surface area (Å²) in [5.74, 6) is -0.113. The molecule has 1 unspecified atom stereocenters. The normalized spacial score (nSPS) is 21.8. The Balaban J connectivity index is 1.34. The first-order chi connectivity index (χ1) is 15.3. The van der Waals surface area contributed by atoms with Gasteiger partial charge in [-0.2, -0.15) is 0 Å². The van der Waals surface area contributed by atoms with E-state index in [-0.39, 0.29) is 36.6 Å². The van der Waals surface area contributed by atoms with Crippen molar-refractivity contribution in [3.05, 3.63) is 40.9 Å². The third-order valence-corrected chi connectivity index (χ3v) is 7.07. The Morgan fingerprint density at radius 2 is 1.88 bits per heavy atom. The summed E-state index contributed by atoms with van der Waals surface area (Å²) >= 11 is 6.25. The predicted molar refractivity (Wildman–Crippen MR) is 120 cm³/mol. The molecular weight excluding hydrogens is 432 g/mol. The molecule has 0 spiro atoms. The molecule has 9 heteroatoms. The lowest BCUT2D eigenvalue weighted by Crippen LogP contribution is -2.69. The third kappa shape index (κ3) is 4.61. The van der Waals surface area contributed by atoms with Crippen LogP contribution in [0.1, 0.15) is 36.3 Å². The van der Waals surface area contributed by atoms with Gasteiger partial charge in [-0.1, -0.05) is 24.2 Å². The number of piperazine rings is 1. The van der Waals surface area contributed by atoms with E-state index >= 15 is 0 Å². The molecule has 1 aromatic carbocycles. The molecule has 2 saturated heterocycles. The first-order valence-electron chi connectivity index (χ1n) is 11.0. The number of amides is 3. The fraction of sp³-hybridized carbons (Fsp3) is 0.522. The lowest BCUT2D eigenvalue weighted by Gasteiger charge is -2.50. The number of likely N-dealkylation sites (tertiary alicyclic amines) is 1. The number of nitrogens with zero attached hydrogens (tertiary/aromatic N) is 3. The van der Waals surface area contributed by atoms with Crippen LogP contribution in [0, 0.1) is 0 Å².